The van der Waals surface area contributed by atoms with Crippen LogP contribution in [0, 0.1) is 5.92 Å². The molecular formula is C13H22N2O2. The molecule has 0 aliphatic carbocycles. The second kappa shape index (κ2) is 6.47. The van der Waals surface area contributed by atoms with E-state index in [1.807, 2.05) is 18.2 Å². The zero-order valence-corrected chi connectivity index (χ0v) is 10.7. The van der Waals surface area contributed by atoms with Gasteiger partial charge in [-0.3, -0.25) is 0 Å². The van der Waals surface area contributed by atoms with Gasteiger partial charge in [0.25, 0.3) is 0 Å². The largest absolute Gasteiger partial charge is 0.497 e. The van der Waals surface area contributed by atoms with Crippen molar-refractivity contribution in [3.8, 4) is 5.75 Å². The molecular weight excluding hydrogens is 216 g/mol. The topological polar surface area (TPSA) is 67.5 Å². The Labute approximate surface area is 103 Å². The molecule has 96 valence electrons. The molecule has 4 N–H and O–H groups in total. The maximum atomic E-state index is 9.32. The summed E-state index contributed by atoms with van der Waals surface area (Å²) in [5.41, 5.74) is 7.64. The SMILES string of the molecule is COc1ccc(CN)c(NC(CO)C(C)C)c1. The minimum atomic E-state index is 0.0207. The molecule has 0 spiro atoms. The number of rotatable bonds is 6. The van der Waals surface area contributed by atoms with Gasteiger partial charge in [-0.1, -0.05) is 19.9 Å². The van der Waals surface area contributed by atoms with Gasteiger partial charge in [-0.25, -0.2) is 0 Å². The summed E-state index contributed by atoms with van der Waals surface area (Å²) >= 11 is 0. The highest BCUT2D eigenvalue weighted by atomic mass is 16.5. The molecule has 4 nitrogen and oxygen atoms in total. The Balaban J connectivity index is 2.93. The lowest BCUT2D eigenvalue weighted by molar-refractivity contribution is 0.249. The summed E-state index contributed by atoms with van der Waals surface area (Å²) in [6, 6.07) is 5.76. The summed E-state index contributed by atoms with van der Waals surface area (Å²) < 4.78 is 5.19. The first-order valence-corrected chi connectivity index (χ1v) is 5.86. The van der Waals surface area contributed by atoms with Crippen LogP contribution in [0.1, 0.15) is 19.4 Å². The number of anilines is 1. The molecule has 1 atom stereocenters. The fourth-order valence-corrected chi connectivity index (χ4v) is 1.62. The molecule has 0 amide bonds. The van der Waals surface area contributed by atoms with Gasteiger partial charge >= 0.3 is 0 Å². The van der Waals surface area contributed by atoms with Crippen molar-refractivity contribution in [3.05, 3.63) is 23.8 Å². The lowest BCUT2D eigenvalue weighted by Crippen LogP contribution is -2.30. The van der Waals surface area contributed by atoms with Crippen molar-refractivity contribution in [3.63, 3.8) is 0 Å². The molecule has 1 unspecified atom stereocenters. The lowest BCUT2D eigenvalue weighted by Gasteiger charge is -2.23. The summed E-state index contributed by atoms with van der Waals surface area (Å²) in [4.78, 5) is 0. The minimum Gasteiger partial charge on any atom is -0.497 e. The van der Waals surface area contributed by atoms with Gasteiger partial charge in [0, 0.05) is 18.3 Å². The minimum absolute atomic E-state index is 0.0207. The van der Waals surface area contributed by atoms with Gasteiger partial charge < -0.3 is 20.9 Å². The van der Waals surface area contributed by atoms with Gasteiger partial charge in [-0.15, -0.1) is 0 Å². The van der Waals surface area contributed by atoms with Gasteiger partial charge in [0.05, 0.1) is 19.8 Å². The van der Waals surface area contributed by atoms with Gasteiger partial charge in [0.15, 0.2) is 0 Å². The van der Waals surface area contributed by atoms with Crippen molar-refractivity contribution >= 4 is 5.69 Å². The Hall–Kier alpha value is -1.26. The smallest absolute Gasteiger partial charge is 0.120 e. The zero-order chi connectivity index (χ0) is 12.8. The molecule has 1 aromatic rings. The summed E-state index contributed by atoms with van der Waals surface area (Å²) in [7, 11) is 1.63. The number of aliphatic hydroxyl groups is 1. The summed E-state index contributed by atoms with van der Waals surface area (Å²) in [6.45, 7) is 4.69. The number of hydrogen-bond acceptors (Lipinski definition) is 4. The molecule has 0 fully saturated rings. The second-order valence-electron chi connectivity index (χ2n) is 4.40. The van der Waals surface area contributed by atoms with E-state index in [1.165, 1.54) is 0 Å². The van der Waals surface area contributed by atoms with Crippen LogP contribution in [0.4, 0.5) is 5.69 Å². The van der Waals surface area contributed by atoms with Crippen molar-refractivity contribution in [1.82, 2.24) is 0 Å². The average molecular weight is 238 g/mol. The first-order chi connectivity index (χ1) is 8.12. The van der Waals surface area contributed by atoms with E-state index in [2.05, 4.69) is 19.2 Å². The molecule has 0 radical (unpaired) electrons. The van der Waals surface area contributed by atoms with Crippen LogP contribution in [-0.2, 0) is 6.54 Å². The quantitative estimate of drug-likeness (QED) is 0.704. The van der Waals surface area contributed by atoms with E-state index in [0.717, 1.165) is 17.0 Å². The first kappa shape index (κ1) is 13.8. The van der Waals surface area contributed by atoms with Crippen LogP contribution >= 0.6 is 0 Å². The molecule has 0 aromatic heterocycles. The molecule has 17 heavy (non-hydrogen) atoms. The monoisotopic (exact) mass is 238 g/mol. The number of nitrogens with two attached hydrogens (primary N) is 1. The van der Waals surface area contributed by atoms with E-state index < -0.39 is 0 Å². The highest BCUT2D eigenvalue weighted by Gasteiger charge is 2.13. The van der Waals surface area contributed by atoms with E-state index in [0.29, 0.717) is 12.5 Å². The standard InChI is InChI=1S/C13H22N2O2/c1-9(2)13(8-16)15-12-6-11(17-3)5-4-10(12)7-14/h4-6,9,13,15-16H,7-8,14H2,1-3H3. The highest BCUT2D eigenvalue weighted by molar-refractivity contribution is 5.55. The second-order valence-corrected chi connectivity index (χ2v) is 4.40. The maximum absolute atomic E-state index is 9.32. The van der Waals surface area contributed by atoms with E-state index in [4.69, 9.17) is 10.5 Å². The molecule has 0 saturated carbocycles. The molecule has 0 aliphatic heterocycles. The van der Waals surface area contributed by atoms with Crippen molar-refractivity contribution in [2.75, 3.05) is 19.0 Å². The van der Waals surface area contributed by atoms with Crippen molar-refractivity contribution in [1.29, 1.82) is 0 Å². The summed E-state index contributed by atoms with van der Waals surface area (Å²) in [5, 5.41) is 12.6. The van der Waals surface area contributed by atoms with Crippen LogP contribution in [0.25, 0.3) is 0 Å². The molecule has 0 aliphatic rings. The Kier molecular flexibility index (Phi) is 5.25. The van der Waals surface area contributed by atoms with Crippen molar-refractivity contribution < 1.29 is 9.84 Å². The van der Waals surface area contributed by atoms with Gasteiger partial charge in [-0.05, 0) is 17.5 Å². The molecule has 4 heteroatoms. The highest BCUT2D eigenvalue weighted by Crippen LogP contribution is 2.24. The van der Waals surface area contributed by atoms with Crippen LogP contribution in [0.5, 0.6) is 5.75 Å². The molecule has 0 saturated heterocycles. The number of benzene rings is 1. The van der Waals surface area contributed by atoms with Crippen molar-refractivity contribution in [2.24, 2.45) is 11.7 Å². The van der Waals surface area contributed by atoms with Crippen molar-refractivity contribution in [2.45, 2.75) is 26.4 Å². The number of methoxy groups -OCH3 is 1. The van der Waals surface area contributed by atoms with E-state index in [1.54, 1.807) is 7.11 Å². The average Bonchev–Trinajstić information content (AvgIpc) is 2.35. The fourth-order valence-electron chi connectivity index (χ4n) is 1.62. The van der Waals surface area contributed by atoms with Gasteiger partial charge in [0.2, 0.25) is 0 Å². The van der Waals surface area contributed by atoms with E-state index in [9.17, 15) is 5.11 Å². The number of ether oxygens (including phenoxy) is 1. The Bertz CT molecular complexity index is 353. The van der Waals surface area contributed by atoms with Crippen LogP contribution in [-0.4, -0.2) is 24.9 Å². The Morgan fingerprint density at radius 3 is 2.59 bits per heavy atom. The number of nitrogens with one attached hydrogen (secondary N) is 1. The molecule has 0 heterocycles. The summed E-state index contributed by atoms with van der Waals surface area (Å²) in [5.74, 6) is 1.13. The third kappa shape index (κ3) is 3.61. The predicted octanol–water partition coefficient (Wildman–Crippen LogP) is 1.58. The predicted molar refractivity (Wildman–Crippen MR) is 70.2 cm³/mol. The van der Waals surface area contributed by atoms with E-state index >= 15 is 0 Å². The third-order valence-electron chi connectivity index (χ3n) is 2.88. The number of hydrogen-bond donors (Lipinski definition) is 3. The van der Waals surface area contributed by atoms with Crippen LogP contribution in [0.3, 0.4) is 0 Å². The van der Waals surface area contributed by atoms with Crippen LogP contribution < -0.4 is 15.8 Å². The maximum Gasteiger partial charge on any atom is 0.120 e. The van der Waals surface area contributed by atoms with E-state index in [-0.39, 0.29) is 12.6 Å². The Morgan fingerprint density at radius 2 is 2.12 bits per heavy atom. The fraction of sp³-hybridized carbons (Fsp3) is 0.538. The zero-order valence-electron chi connectivity index (χ0n) is 10.7. The summed E-state index contributed by atoms with van der Waals surface area (Å²) in [6.07, 6.45) is 0. The lowest BCUT2D eigenvalue weighted by atomic mass is 10.0. The van der Waals surface area contributed by atoms with Crippen LogP contribution in [0.2, 0.25) is 0 Å². The first-order valence-electron chi connectivity index (χ1n) is 5.86. The van der Waals surface area contributed by atoms with Crippen LogP contribution in [0.15, 0.2) is 18.2 Å². The third-order valence-corrected chi connectivity index (χ3v) is 2.88. The molecule has 1 aromatic carbocycles. The number of aliphatic hydroxyl groups excluding tert-OH is 1. The Morgan fingerprint density at radius 1 is 1.41 bits per heavy atom. The molecule has 1 rings (SSSR count). The molecule has 0 bridgehead atoms. The normalized spacial score (nSPS) is 12.6. The van der Waals surface area contributed by atoms with Gasteiger partial charge in [-0.2, -0.15) is 0 Å². The van der Waals surface area contributed by atoms with Gasteiger partial charge in [0.1, 0.15) is 5.75 Å².